The number of halogens is 3. The first-order valence-corrected chi connectivity index (χ1v) is 12.7. The van der Waals surface area contributed by atoms with Gasteiger partial charge in [0.1, 0.15) is 0 Å². The number of ether oxygens (including phenoxy) is 1. The number of rotatable bonds is 6. The molecule has 1 aromatic carbocycles. The molecule has 0 spiro atoms. The Labute approximate surface area is 214 Å². The second kappa shape index (κ2) is 9.72. The van der Waals surface area contributed by atoms with Crippen LogP contribution in [0.3, 0.4) is 0 Å². The Morgan fingerprint density at radius 2 is 2.08 bits per heavy atom. The summed E-state index contributed by atoms with van der Waals surface area (Å²) in [5.41, 5.74) is 2.41. The van der Waals surface area contributed by atoms with E-state index < -0.39 is 17.2 Å². The zero-order valence-electron chi connectivity index (χ0n) is 21.0. The molecule has 3 aliphatic rings. The summed E-state index contributed by atoms with van der Waals surface area (Å²) < 4.78 is 45.5. The molecule has 3 aliphatic heterocycles. The zero-order chi connectivity index (χ0) is 26.4. The molecule has 2 aromatic rings. The number of nitrogens with one attached hydrogen (secondary N) is 1. The van der Waals surface area contributed by atoms with Gasteiger partial charge in [-0.25, -0.2) is 0 Å². The molecule has 5 rings (SSSR count). The van der Waals surface area contributed by atoms with Gasteiger partial charge in [0, 0.05) is 56.8 Å². The maximum Gasteiger partial charge on any atom is 0.417 e. The molecular formula is C27H31F3N4O3. The van der Waals surface area contributed by atoms with Crippen molar-refractivity contribution in [1.82, 2.24) is 14.8 Å². The van der Waals surface area contributed by atoms with Gasteiger partial charge in [-0.05, 0) is 55.6 Å². The molecule has 1 saturated heterocycles. The minimum Gasteiger partial charge on any atom is -0.381 e. The normalized spacial score (nSPS) is 23.6. The minimum atomic E-state index is -4.48. The Morgan fingerprint density at radius 1 is 1.27 bits per heavy atom. The maximum atomic E-state index is 13.9. The van der Waals surface area contributed by atoms with E-state index in [4.69, 9.17) is 4.74 Å². The molecule has 1 fully saturated rings. The van der Waals surface area contributed by atoms with Crippen LogP contribution < -0.4 is 5.32 Å². The predicted octanol–water partition coefficient (Wildman–Crippen LogP) is 3.97. The van der Waals surface area contributed by atoms with Crippen LogP contribution in [0.5, 0.6) is 0 Å². The zero-order valence-corrected chi connectivity index (χ0v) is 21.0. The topological polar surface area (TPSA) is 74.8 Å². The molecule has 2 atom stereocenters. The average Bonchev–Trinajstić information content (AvgIpc) is 3.42. The summed E-state index contributed by atoms with van der Waals surface area (Å²) in [6.45, 7) is 6.88. The van der Waals surface area contributed by atoms with Crippen LogP contribution in [0.1, 0.15) is 54.1 Å². The summed E-state index contributed by atoms with van der Waals surface area (Å²) in [5, 5.41) is 2.89. The molecule has 4 heterocycles. The summed E-state index contributed by atoms with van der Waals surface area (Å²) in [4.78, 5) is 33.8. The summed E-state index contributed by atoms with van der Waals surface area (Å²) in [6, 6.07) is 7.09. The number of hydrogen-bond acceptors (Lipinski definition) is 5. The van der Waals surface area contributed by atoms with Gasteiger partial charge in [0.2, 0.25) is 11.8 Å². The first-order chi connectivity index (χ1) is 17.6. The van der Waals surface area contributed by atoms with Crippen LogP contribution in [-0.2, 0) is 40.0 Å². The highest BCUT2D eigenvalue weighted by atomic mass is 19.4. The number of nitrogens with zero attached hydrogens (tertiary/aromatic N) is 3. The fraction of sp³-hybridized carbons (Fsp3) is 0.519. The summed E-state index contributed by atoms with van der Waals surface area (Å²) in [6.07, 6.45) is -2.58. The number of hydrogen-bond donors (Lipinski definition) is 1. The molecule has 198 valence electrons. The van der Waals surface area contributed by atoms with Crippen molar-refractivity contribution in [2.75, 3.05) is 38.2 Å². The number of aromatic nitrogens is 1. The molecule has 0 radical (unpaired) electrons. The Morgan fingerprint density at radius 3 is 2.84 bits per heavy atom. The summed E-state index contributed by atoms with van der Waals surface area (Å²) in [7, 11) is 0. The van der Waals surface area contributed by atoms with E-state index in [1.165, 1.54) is 0 Å². The van der Waals surface area contributed by atoms with Crippen molar-refractivity contribution >= 4 is 17.5 Å². The molecule has 1 N–H and O–H groups in total. The van der Waals surface area contributed by atoms with Gasteiger partial charge in [-0.2, -0.15) is 13.2 Å². The van der Waals surface area contributed by atoms with Gasteiger partial charge in [0.15, 0.2) is 0 Å². The van der Waals surface area contributed by atoms with Crippen molar-refractivity contribution in [2.45, 2.75) is 51.9 Å². The molecule has 0 bridgehead atoms. The summed E-state index contributed by atoms with van der Waals surface area (Å²) >= 11 is 0. The standard InChI is InChI=1S/C27H31F3N4O3/c1-3-37-16-26(25(36)34-8-6-22-19(14-34)11-20(12-31-22)27(28,29)30)7-9-33(15-26)13-18-4-5-23-21(10-18)17(2)24(35)32-23/h4-5,10-12,17H,3,6-9,13-16H2,1-2H3,(H,32,35). The SMILES string of the molecule is CCOCC1(C(=O)N2CCc3ncc(C(F)(F)F)cc3C2)CCN(Cc2ccc3c(c2)C(C)C(=O)N3)C1. The number of benzene rings is 1. The second-order valence-corrected chi connectivity index (χ2v) is 10.3. The maximum absolute atomic E-state index is 13.9. The molecule has 7 nitrogen and oxygen atoms in total. The Hall–Kier alpha value is -2.98. The van der Waals surface area contributed by atoms with Gasteiger partial charge < -0.3 is 15.0 Å². The first-order valence-electron chi connectivity index (χ1n) is 12.7. The van der Waals surface area contributed by atoms with Crippen molar-refractivity contribution in [1.29, 1.82) is 0 Å². The van der Waals surface area contributed by atoms with Crippen LogP contribution in [0.4, 0.5) is 18.9 Å². The number of carbonyl (C=O) groups excluding carboxylic acids is 2. The van der Waals surface area contributed by atoms with Crippen LogP contribution in [0.15, 0.2) is 30.5 Å². The molecule has 10 heteroatoms. The quantitative estimate of drug-likeness (QED) is 0.629. The van der Waals surface area contributed by atoms with Crippen molar-refractivity contribution in [3.8, 4) is 0 Å². The van der Waals surface area contributed by atoms with E-state index in [1.54, 1.807) is 4.90 Å². The predicted molar refractivity (Wildman–Crippen MR) is 131 cm³/mol. The molecular weight excluding hydrogens is 485 g/mol. The lowest BCUT2D eigenvalue weighted by atomic mass is 9.85. The molecule has 1 aromatic heterocycles. The molecule has 0 aliphatic carbocycles. The van der Waals surface area contributed by atoms with E-state index in [2.05, 4.69) is 21.3 Å². The minimum absolute atomic E-state index is 0.00434. The smallest absolute Gasteiger partial charge is 0.381 e. The number of alkyl halides is 3. The van der Waals surface area contributed by atoms with Crippen LogP contribution >= 0.6 is 0 Å². The molecule has 0 saturated carbocycles. The third-order valence-electron chi connectivity index (χ3n) is 7.76. The lowest BCUT2D eigenvalue weighted by Crippen LogP contribution is -2.49. The first kappa shape index (κ1) is 25.7. The van der Waals surface area contributed by atoms with Crippen LogP contribution in [-0.4, -0.2) is 59.4 Å². The molecule has 2 amide bonds. The van der Waals surface area contributed by atoms with Gasteiger partial charge in [-0.3, -0.25) is 19.5 Å². The second-order valence-electron chi connectivity index (χ2n) is 10.3. The van der Waals surface area contributed by atoms with E-state index in [9.17, 15) is 22.8 Å². The van der Waals surface area contributed by atoms with E-state index in [1.807, 2.05) is 26.0 Å². The van der Waals surface area contributed by atoms with Gasteiger partial charge in [-0.1, -0.05) is 12.1 Å². The van der Waals surface area contributed by atoms with Gasteiger partial charge in [0.25, 0.3) is 0 Å². The fourth-order valence-electron chi connectivity index (χ4n) is 5.66. The van der Waals surface area contributed by atoms with Crippen LogP contribution in [0, 0.1) is 5.41 Å². The Balaban J connectivity index is 1.32. The monoisotopic (exact) mass is 516 g/mol. The number of pyridine rings is 1. The lowest BCUT2D eigenvalue weighted by molar-refractivity contribution is -0.146. The Kier molecular flexibility index (Phi) is 6.74. The lowest BCUT2D eigenvalue weighted by Gasteiger charge is -2.37. The average molecular weight is 517 g/mol. The third-order valence-corrected chi connectivity index (χ3v) is 7.76. The summed E-state index contributed by atoms with van der Waals surface area (Å²) in [5.74, 6) is -0.277. The van der Waals surface area contributed by atoms with Crippen molar-refractivity contribution < 1.29 is 27.5 Å². The highest BCUT2D eigenvalue weighted by Gasteiger charge is 2.47. The van der Waals surface area contributed by atoms with E-state index in [0.717, 1.165) is 29.1 Å². The highest BCUT2D eigenvalue weighted by molar-refractivity contribution is 6.02. The van der Waals surface area contributed by atoms with Crippen LogP contribution in [0.2, 0.25) is 0 Å². The molecule has 37 heavy (non-hydrogen) atoms. The van der Waals surface area contributed by atoms with E-state index in [-0.39, 0.29) is 30.9 Å². The number of fused-ring (bicyclic) bond motifs is 2. The largest absolute Gasteiger partial charge is 0.417 e. The van der Waals surface area contributed by atoms with Gasteiger partial charge in [0.05, 0.1) is 23.5 Å². The fourth-order valence-corrected chi connectivity index (χ4v) is 5.66. The van der Waals surface area contributed by atoms with Crippen molar-refractivity contribution in [3.05, 3.63) is 58.4 Å². The number of likely N-dealkylation sites (tertiary alicyclic amines) is 1. The molecule has 2 unspecified atom stereocenters. The van der Waals surface area contributed by atoms with Crippen LogP contribution in [0.25, 0.3) is 0 Å². The van der Waals surface area contributed by atoms with Crippen molar-refractivity contribution in [3.63, 3.8) is 0 Å². The van der Waals surface area contributed by atoms with E-state index in [0.29, 0.717) is 56.9 Å². The Bertz CT molecular complexity index is 1220. The van der Waals surface area contributed by atoms with Gasteiger partial charge >= 0.3 is 6.18 Å². The number of carbonyl (C=O) groups is 2. The van der Waals surface area contributed by atoms with E-state index >= 15 is 0 Å². The highest BCUT2D eigenvalue weighted by Crippen LogP contribution is 2.38. The number of amides is 2. The van der Waals surface area contributed by atoms with Gasteiger partial charge in [-0.15, -0.1) is 0 Å². The number of anilines is 1. The third kappa shape index (κ3) is 4.96. The van der Waals surface area contributed by atoms with Crippen molar-refractivity contribution in [2.24, 2.45) is 5.41 Å².